The van der Waals surface area contributed by atoms with Crippen LogP contribution < -0.4 is 10.7 Å². The number of nitrogens with zero attached hydrogens (tertiary/aromatic N) is 1. The Bertz CT molecular complexity index is 1310. The number of aliphatic hydroxyl groups is 2. The molecule has 0 aromatic heterocycles. The van der Waals surface area contributed by atoms with Gasteiger partial charge in [0.1, 0.15) is 16.8 Å². The molecule has 1 amide bonds. The van der Waals surface area contributed by atoms with Gasteiger partial charge in [-0.25, -0.2) is 9.80 Å². The number of allylic oxidation sites excluding steroid dienone is 1. The number of esters is 1. The van der Waals surface area contributed by atoms with Crippen molar-refractivity contribution >= 4 is 17.6 Å². The number of fused-ring (bicyclic) bond motifs is 3. The minimum Gasteiger partial charge on any atom is -0.455 e. The first-order valence-electron chi connectivity index (χ1n) is 15.3. The Morgan fingerprint density at radius 3 is 2.47 bits per heavy atom. The maximum Gasteiger partial charge on any atom is 0.340 e. The van der Waals surface area contributed by atoms with Crippen LogP contribution in [0.1, 0.15) is 56.3 Å². The van der Waals surface area contributed by atoms with Crippen LogP contribution >= 0.6 is 0 Å². The number of carbonyl (C=O) groups excluding carboxylic acids is 2. The summed E-state index contributed by atoms with van der Waals surface area (Å²) in [6, 6.07) is 6.28. The summed E-state index contributed by atoms with van der Waals surface area (Å²) in [6.07, 6.45) is 4.18. The molecule has 1 aromatic carbocycles. The maximum absolute atomic E-state index is 13.9. The summed E-state index contributed by atoms with van der Waals surface area (Å²) >= 11 is 0. The second kappa shape index (κ2) is 10.6. The zero-order valence-electron chi connectivity index (χ0n) is 25.8. The molecule has 5 unspecified atom stereocenters. The third-order valence-corrected chi connectivity index (χ3v) is 11.7. The Morgan fingerprint density at radius 2 is 1.81 bits per heavy atom. The van der Waals surface area contributed by atoms with Gasteiger partial charge in [-0.15, -0.1) is 0 Å². The Morgan fingerprint density at radius 1 is 1.07 bits per heavy atom. The number of benzene rings is 1. The minimum atomic E-state index is -1.56. The number of carbonyl (C=O) groups is 2. The van der Waals surface area contributed by atoms with E-state index >= 15 is 0 Å². The van der Waals surface area contributed by atoms with E-state index in [1.54, 1.807) is 58.6 Å². The summed E-state index contributed by atoms with van der Waals surface area (Å²) in [4.78, 5) is 26.3. The predicted molar refractivity (Wildman–Crippen MR) is 157 cm³/mol. The van der Waals surface area contributed by atoms with Crippen LogP contribution in [0.15, 0.2) is 36.4 Å². The number of hydrogen-bond donors (Lipinski definition) is 4. The van der Waals surface area contributed by atoms with Crippen molar-refractivity contribution in [2.75, 3.05) is 33.7 Å². The van der Waals surface area contributed by atoms with E-state index in [2.05, 4.69) is 15.8 Å². The summed E-state index contributed by atoms with van der Waals surface area (Å²) < 4.78 is 24.6. The van der Waals surface area contributed by atoms with Crippen molar-refractivity contribution in [3.63, 3.8) is 0 Å². The number of hydrogen-bond acceptors (Lipinski definition) is 10. The average Bonchev–Trinajstić information content (AvgIpc) is 3.47. The van der Waals surface area contributed by atoms with Crippen molar-refractivity contribution in [1.29, 1.82) is 0 Å². The van der Waals surface area contributed by atoms with Crippen LogP contribution in [0.3, 0.4) is 0 Å². The first kappa shape index (κ1) is 30.6. The molecule has 43 heavy (non-hydrogen) atoms. The second-order valence-corrected chi connectivity index (χ2v) is 13.1. The highest BCUT2D eigenvalue weighted by atomic mass is 16.6. The molecule has 236 valence electrons. The number of hydrazine groups is 1. The van der Waals surface area contributed by atoms with E-state index in [0.717, 1.165) is 0 Å². The summed E-state index contributed by atoms with van der Waals surface area (Å²) in [5.74, 6) is -1.77. The summed E-state index contributed by atoms with van der Waals surface area (Å²) in [5, 5.41) is 30.3. The van der Waals surface area contributed by atoms with Crippen LogP contribution in [0.2, 0.25) is 0 Å². The maximum atomic E-state index is 13.9. The first-order chi connectivity index (χ1) is 20.5. The minimum absolute atomic E-state index is 0.126. The van der Waals surface area contributed by atoms with Crippen LogP contribution in [0.4, 0.5) is 5.69 Å². The first-order valence-corrected chi connectivity index (χ1v) is 15.3. The summed E-state index contributed by atoms with van der Waals surface area (Å²) in [6.45, 7) is 3.71. The quantitative estimate of drug-likeness (QED) is 0.259. The van der Waals surface area contributed by atoms with E-state index in [-0.39, 0.29) is 41.9 Å². The van der Waals surface area contributed by atoms with E-state index in [1.807, 2.05) is 14.0 Å². The van der Waals surface area contributed by atoms with Gasteiger partial charge in [0, 0.05) is 45.5 Å². The average molecular weight is 600 g/mol. The lowest BCUT2D eigenvalue weighted by Gasteiger charge is -2.67. The zero-order valence-corrected chi connectivity index (χ0v) is 25.8. The molecule has 11 heteroatoms. The molecule has 2 heterocycles. The topological polar surface area (TPSA) is 139 Å². The Kier molecular flexibility index (Phi) is 7.56. The van der Waals surface area contributed by atoms with Crippen molar-refractivity contribution in [3.8, 4) is 0 Å². The SMILES string of the molecule is C/C=C/C(=O)Nc1ccccc1C(=O)OC1(C)CC[C@H](OC)C23C1CC(N2NC)[C@@]1(O)C[C@H](OC)[C@H]2CC3[C@]1(O)[C@H]2OC. The largest absolute Gasteiger partial charge is 0.455 e. The number of methoxy groups -OCH3 is 3. The van der Waals surface area contributed by atoms with Crippen LogP contribution in [0, 0.1) is 17.8 Å². The van der Waals surface area contributed by atoms with Gasteiger partial charge in [-0.2, -0.15) is 0 Å². The molecule has 0 radical (unpaired) electrons. The zero-order chi connectivity index (χ0) is 30.9. The summed E-state index contributed by atoms with van der Waals surface area (Å²) in [5.41, 5.74) is -0.881. The van der Waals surface area contributed by atoms with E-state index in [9.17, 15) is 19.8 Å². The number of rotatable bonds is 8. The molecule has 2 aliphatic heterocycles. The van der Waals surface area contributed by atoms with Crippen molar-refractivity contribution in [2.24, 2.45) is 17.8 Å². The van der Waals surface area contributed by atoms with Crippen LogP contribution in [0.5, 0.6) is 0 Å². The van der Waals surface area contributed by atoms with Gasteiger partial charge < -0.3 is 34.5 Å². The molecule has 11 nitrogen and oxygen atoms in total. The van der Waals surface area contributed by atoms with Gasteiger partial charge in [0.05, 0.1) is 41.1 Å². The molecule has 5 fully saturated rings. The number of ether oxygens (including phenoxy) is 4. The smallest absolute Gasteiger partial charge is 0.340 e. The normalized spacial score (nSPS) is 44.8. The number of para-hydroxylation sites is 1. The molecule has 3 saturated carbocycles. The lowest BCUT2D eigenvalue weighted by atomic mass is 9.54. The molecule has 1 spiro atoms. The fourth-order valence-corrected chi connectivity index (χ4v) is 10.3. The predicted octanol–water partition coefficient (Wildman–Crippen LogP) is 2.03. The Hall–Kier alpha value is -2.38. The van der Waals surface area contributed by atoms with E-state index in [1.165, 1.54) is 6.08 Å². The molecule has 1 aromatic rings. The highest BCUT2D eigenvalue weighted by Gasteiger charge is 2.86. The van der Waals surface area contributed by atoms with Gasteiger partial charge in [-0.3, -0.25) is 10.2 Å². The van der Waals surface area contributed by atoms with Crippen LogP contribution in [-0.2, 0) is 23.7 Å². The Labute approximate surface area is 252 Å². The second-order valence-electron chi connectivity index (χ2n) is 13.1. The molecule has 3 aliphatic carbocycles. The van der Waals surface area contributed by atoms with Gasteiger partial charge in [0.25, 0.3) is 0 Å². The van der Waals surface area contributed by atoms with Gasteiger partial charge in [0.2, 0.25) is 5.91 Å². The number of anilines is 1. The Balaban J connectivity index is 1.44. The molecule has 6 rings (SSSR count). The lowest BCUT2D eigenvalue weighted by Crippen LogP contribution is -2.85. The third kappa shape index (κ3) is 3.85. The molecule has 4 bridgehead atoms. The fraction of sp³-hybridized carbons (Fsp3) is 0.688. The highest BCUT2D eigenvalue weighted by molar-refractivity contribution is 6.05. The van der Waals surface area contributed by atoms with Crippen molar-refractivity contribution in [1.82, 2.24) is 10.4 Å². The number of amides is 1. The number of nitrogens with one attached hydrogen (secondary N) is 2. The van der Waals surface area contributed by atoms with Crippen molar-refractivity contribution in [3.05, 3.63) is 42.0 Å². The standard InChI is InChI=1S/C32H45N3O8/c1-7-10-26(36)34-20-12-9-8-11-18(20)28(37)43-29(2)14-13-25(41-5)31-22(29)16-24(35(31)33-3)30(38)17-21(40-4)19-15-23(31)32(30,39)27(19)42-6/h7-12,19,21-25,27,33,38-39H,13-17H2,1-6H3,(H,34,36)/b10-7+/t19-,21+,22?,23?,24?,25+,27+,29?,30+,31?,32+/m1/s1. The third-order valence-electron chi connectivity index (χ3n) is 11.7. The van der Waals surface area contributed by atoms with Gasteiger partial charge in [-0.1, -0.05) is 18.2 Å². The number of piperidine rings is 1. The van der Waals surface area contributed by atoms with Crippen LogP contribution in [0.25, 0.3) is 0 Å². The van der Waals surface area contributed by atoms with Gasteiger partial charge in [0.15, 0.2) is 0 Å². The van der Waals surface area contributed by atoms with Crippen LogP contribution in [-0.4, -0.2) is 102 Å². The van der Waals surface area contributed by atoms with E-state index in [0.29, 0.717) is 31.4 Å². The fourth-order valence-electron chi connectivity index (χ4n) is 10.3. The molecule has 11 atom stereocenters. The van der Waals surface area contributed by atoms with Gasteiger partial charge in [-0.05, 0) is 64.8 Å². The van der Waals surface area contributed by atoms with Crippen molar-refractivity contribution < 1.29 is 38.7 Å². The van der Waals surface area contributed by atoms with Gasteiger partial charge >= 0.3 is 5.97 Å². The monoisotopic (exact) mass is 599 g/mol. The molecular weight excluding hydrogens is 554 g/mol. The van der Waals surface area contributed by atoms with Crippen molar-refractivity contribution in [2.45, 2.75) is 92.6 Å². The molecule has 4 N–H and O–H groups in total. The summed E-state index contributed by atoms with van der Waals surface area (Å²) in [7, 11) is 6.76. The van der Waals surface area contributed by atoms with E-state index in [4.69, 9.17) is 18.9 Å². The molecular formula is C32H45N3O8. The van der Waals surface area contributed by atoms with E-state index < -0.39 is 46.4 Å². The highest BCUT2D eigenvalue weighted by Crippen LogP contribution is 2.72. The molecule has 2 saturated heterocycles. The lowest BCUT2D eigenvalue weighted by molar-refractivity contribution is -0.328. The molecule has 5 aliphatic rings.